The van der Waals surface area contributed by atoms with E-state index in [4.69, 9.17) is 9.47 Å². The Kier molecular flexibility index (Phi) is 1.52. The van der Waals surface area contributed by atoms with E-state index in [2.05, 4.69) is 20.8 Å². The highest BCUT2D eigenvalue weighted by Gasteiger charge is 2.53. The Hall–Kier alpha value is -0.0800. The van der Waals surface area contributed by atoms with Gasteiger partial charge in [-0.25, -0.2) is 0 Å². The van der Waals surface area contributed by atoms with Crippen LogP contribution in [-0.4, -0.2) is 24.9 Å². The minimum atomic E-state index is 0.0133. The quantitative estimate of drug-likeness (QED) is 0.528. The molecule has 0 N–H and O–H groups in total. The lowest BCUT2D eigenvalue weighted by Crippen LogP contribution is -2.37. The Morgan fingerprint density at radius 1 is 1.27 bits per heavy atom. The molecule has 64 valence electrons. The number of fused-ring (bicyclic) bond motifs is 1. The third-order valence-corrected chi connectivity index (χ3v) is 3.24. The number of rotatable bonds is 0. The average Bonchev–Trinajstić information content (AvgIpc) is 2.39. The summed E-state index contributed by atoms with van der Waals surface area (Å²) >= 11 is 0. The molecule has 0 aromatic heterocycles. The Balaban J connectivity index is 2.23. The van der Waals surface area contributed by atoms with Crippen molar-refractivity contribution < 1.29 is 9.47 Å². The molecule has 2 rings (SSSR count). The maximum Gasteiger partial charge on any atom is 0.0965 e. The van der Waals surface area contributed by atoms with Gasteiger partial charge < -0.3 is 9.47 Å². The second-order valence-corrected chi connectivity index (χ2v) is 4.13. The molecule has 0 aliphatic carbocycles. The van der Waals surface area contributed by atoms with Crippen LogP contribution in [0.3, 0.4) is 0 Å². The minimum Gasteiger partial charge on any atom is -0.374 e. The van der Waals surface area contributed by atoms with Gasteiger partial charge in [0.25, 0.3) is 0 Å². The largest absolute Gasteiger partial charge is 0.374 e. The van der Waals surface area contributed by atoms with Gasteiger partial charge in [-0.05, 0) is 6.92 Å². The van der Waals surface area contributed by atoms with Crippen molar-refractivity contribution in [2.75, 3.05) is 13.2 Å². The maximum atomic E-state index is 5.76. The Labute approximate surface area is 67.9 Å². The molecule has 0 amide bonds. The van der Waals surface area contributed by atoms with Gasteiger partial charge in [0.1, 0.15) is 0 Å². The fourth-order valence-corrected chi connectivity index (χ4v) is 2.21. The topological polar surface area (TPSA) is 18.5 Å². The highest BCUT2D eigenvalue weighted by molar-refractivity contribution is 5.01. The van der Waals surface area contributed by atoms with Crippen molar-refractivity contribution in [3.8, 4) is 0 Å². The van der Waals surface area contributed by atoms with Gasteiger partial charge in [0.05, 0.1) is 24.9 Å². The fraction of sp³-hybridized carbons (Fsp3) is 1.00. The van der Waals surface area contributed by atoms with E-state index in [0.29, 0.717) is 17.9 Å². The summed E-state index contributed by atoms with van der Waals surface area (Å²) in [6, 6.07) is 0. The average molecular weight is 156 g/mol. The van der Waals surface area contributed by atoms with Crippen molar-refractivity contribution in [1.82, 2.24) is 0 Å². The van der Waals surface area contributed by atoms with E-state index in [-0.39, 0.29) is 5.60 Å². The molecule has 2 nitrogen and oxygen atoms in total. The molecule has 4 atom stereocenters. The van der Waals surface area contributed by atoms with E-state index in [1.54, 1.807) is 0 Å². The summed E-state index contributed by atoms with van der Waals surface area (Å²) in [6.07, 6.45) is 0.345. The predicted molar refractivity (Wildman–Crippen MR) is 42.4 cm³/mol. The Morgan fingerprint density at radius 3 is 2.64 bits per heavy atom. The van der Waals surface area contributed by atoms with Crippen molar-refractivity contribution in [3.05, 3.63) is 0 Å². The molecule has 0 bridgehead atoms. The highest BCUT2D eigenvalue weighted by Crippen LogP contribution is 2.43. The first-order valence-electron chi connectivity index (χ1n) is 4.40. The second kappa shape index (κ2) is 2.20. The third-order valence-electron chi connectivity index (χ3n) is 3.24. The van der Waals surface area contributed by atoms with E-state index < -0.39 is 0 Å². The monoisotopic (exact) mass is 156 g/mol. The zero-order valence-electron chi connectivity index (χ0n) is 7.46. The van der Waals surface area contributed by atoms with Gasteiger partial charge in [0.15, 0.2) is 0 Å². The highest BCUT2D eigenvalue weighted by atomic mass is 16.6. The van der Waals surface area contributed by atoms with Gasteiger partial charge in [-0.2, -0.15) is 0 Å². The zero-order chi connectivity index (χ0) is 8.06. The molecule has 2 fully saturated rings. The summed E-state index contributed by atoms with van der Waals surface area (Å²) in [6.45, 7) is 8.32. The Morgan fingerprint density at radius 2 is 2.00 bits per heavy atom. The van der Waals surface area contributed by atoms with Crippen LogP contribution in [0.5, 0.6) is 0 Å². The van der Waals surface area contributed by atoms with Crippen LogP contribution < -0.4 is 0 Å². The number of ether oxygens (including phenoxy) is 2. The minimum absolute atomic E-state index is 0.0133. The van der Waals surface area contributed by atoms with Crippen LogP contribution in [0.2, 0.25) is 0 Å². The molecule has 0 saturated carbocycles. The molecule has 0 aromatic rings. The number of hydrogen-bond acceptors (Lipinski definition) is 2. The molecule has 0 radical (unpaired) electrons. The first-order valence-corrected chi connectivity index (χ1v) is 4.40. The van der Waals surface area contributed by atoms with Gasteiger partial charge in [0.2, 0.25) is 0 Å². The molecular weight excluding hydrogens is 140 g/mol. The molecule has 2 heteroatoms. The molecule has 2 aliphatic rings. The van der Waals surface area contributed by atoms with Gasteiger partial charge >= 0.3 is 0 Å². The van der Waals surface area contributed by atoms with Crippen LogP contribution in [0.1, 0.15) is 20.8 Å². The van der Waals surface area contributed by atoms with E-state index in [0.717, 1.165) is 13.2 Å². The predicted octanol–water partition coefficient (Wildman–Crippen LogP) is 1.45. The summed E-state index contributed by atoms with van der Waals surface area (Å²) in [4.78, 5) is 0. The van der Waals surface area contributed by atoms with Crippen LogP contribution in [0, 0.1) is 11.8 Å². The van der Waals surface area contributed by atoms with Crippen LogP contribution >= 0.6 is 0 Å². The normalized spacial score (nSPS) is 56.5. The van der Waals surface area contributed by atoms with Gasteiger partial charge in [-0.15, -0.1) is 0 Å². The Bertz CT molecular complexity index is 169. The van der Waals surface area contributed by atoms with Crippen molar-refractivity contribution in [3.63, 3.8) is 0 Å². The van der Waals surface area contributed by atoms with E-state index in [1.807, 2.05) is 0 Å². The van der Waals surface area contributed by atoms with Gasteiger partial charge in [0, 0.05) is 11.8 Å². The summed E-state index contributed by atoms with van der Waals surface area (Å²) < 4.78 is 11.4. The lowest BCUT2D eigenvalue weighted by atomic mass is 9.86. The molecule has 0 aromatic carbocycles. The lowest BCUT2D eigenvalue weighted by Gasteiger charge is -2.26. The standard InChI is InChI=1S/C9H16O2/c1-6-4-11-9(3)7(2)5-10-8(6)9/h6-8H,4-5H2,1-3H3/t6-,7-,8+,9+/m0/s1. The molecule has 11 heavy (non-hydrogen) atoms. The first kappa shape index (κ1) is 7.56. The summed E-state index contributed by atoms with van der Waals surface area (Å²) in [5.41, 5.74) is 0.0133. The van der Waals surface area contributed by atoms with Crippen molar-refractivity contribution >= 4 is 0 Å². The number of hydrogen-bond donors (Lipinski definition) is 0. The maximum absolute atomic E-state index is 5.76. The zero-order valence-corrected chi connectivity index (χ0v) is 7.46. The fourth-order valence-electron chi connectivity index (χ4n) is 2.21. The molecular formula is C9H16O2. The van der Waals surface area contributed by atoms with E-state index >= 15 is 0 Å². The molecule has 2 aliphatic heterocycles. The van der Waals surface area contributed by atoms with E-state index in [1.165, 1.54) is 0 Å². The van der Waals surface area contributed by atoms with Crippen LogP contribution in [0.15, 0.2) is 0 Å². The summed E-state index contributed by atoms with van der Waals surface area (Å²) in [5.74, 6) is 1.13. The smallest absolute Gasteiger partial charge is 0.0965 e. The molecule has 2 heterocycles. The van der Waals surface area contributed by atoms with Crippen LogP contribution in [0.4, 0.5) is 0 Å². The van der Waals surface area contributed by atoms with Crippen molar-refractivity contribution in [2.24, 2.45) is 11.8 Å². The second-order valence-electron chi connectivity index (χ2n) is 4.13. The van der Waals surface area contributed by atoms with E-state index in [9.17, 15) is 0 Å². The third kappa shape index (κ3) is 0.859. The van der Waals surface area contributed by atoms with Crippen molar-refractivity contribution in [1.29, 1.82) is 0 Å². The molecule has 0 spiro atoms. The van der Waals surface area contributed by atoms with Crippen molar-refractivity contribution in [2.45, 2.75) is 32.5 Å². The van der Waals surface area contributed by atoms with Gasteiger partial charge in [-0.1, -0.05) is 13.8 Å². The van der Waals surface area contributed by atoms with Crippen LogP contribution in [0.25, 0.3) is 0 Å². The SMILES string of the molecule is C[C@H]1CO[C@@]2(C)[C@@H]1OC[C@@H]2C. The lowest BCUT2D eigenvalue weighted by molar-refractivity contribution is -0.0244. The van der Waals surface area contributed by atoms with Gasteiger partial charge in [-0.3, -0.25) is 0 Å². The van der Waals surface area contributed by atoms with Crippen LogP contribution in [-0.2, 0) is 9.47 Å². The summed E-state index contributed by atoms with van der Waals surface area (Å²) in [7, 11) is 0. The summed E-state index contributed by atoms with van der Waals surface area (Å²) in [5, 5.41) is 0. The first-order chi connectivity index (χ1) is 5.14. The molecule has 2 saturated heterocycles. The molecule has 0 unspecified atom stereocenters.